The Bertz CT molecular complexity index is 1360. The summed E-state index contributed by atoms with van der Waals surface area (Å²) in [7, 11) is 1.62. The number of rotatable bonds is 6. The van der Waals surface area contributed by atoms with Crippen LogP contribution in [0.25, 0.3) is 11.2 Å². The number of fused-ring (bicyclic) bond motifs is 1. The van der Waals surface area contributed by atoms with Crippen LogP contribution >= 0.6 is 11.6 Å². The van der Waals surface area contributed by atoms with Crippen LogP contribution in [0.5, 0.6) is 0 Å². The number of benzene rings is 1. The molecular formula is C22H20ClFN8O2. The molecule has 4 N–H and O–H groups in total. The van der Waals surface area contributed by atoms with Crippen molar-refractivity contribution < 1.29 is 14.0 Å². The monoisotopic (exact) mass is 482 g/mol. The van der Waals surface area contributed by atoms with E-state index >= 15 is 0 Å². The van der Waals surface area contributed by atoms with Crippen molar-refractivity contribution in [3.8, 4) is 6.07 Å². The first-order chi connectivity index (χ1) is 16.2. The minimum atomic E-state index is -0.804. The van der Waals surface area contributed by atoms with Gasteiger partial charge in [0.2, 0.25) is 5.91 Å². The van der Waals surface area contributed by atoms with Gasteiger partial charge in [-0.3, -0.25) is 15.0 Å². The van der Waals surface area contributed by atoms with Gasteiger partial charge in [-0.15, -0.1) is 0 Å². The summed E-state index contributed by atoms with van der Waals surface area (Å²) in [4.78, 5) is 38.3. The Morgan fingerprint density at radius 2 is 2.12 bits per heavy atom. The number of carbonyl (C=O) groups is 2. The molecule has 1 aromatic carbocycles. The predicted molar refractivity (Wildman–Crippen MR) is 123 cm³/mol. The number of aromatic amines is 1. The number of nitrogens with zero attached hydrogens (tertiary/aromatic N) is 4. The standard InChI is InChI=1S/C22H20ClFN8O2/c1-10(22(34)32-8-11(5-25)9-32)30-21(33)13-6-28-20-19(13)31-17(7-29-20)18(26)12-3-15(24)14(23)4-16(12)27-2/h3-4,6-7,10-11,26-27H,8-9H2,1-2H3,(H,28,29)(H,30,33). The van der Waals surface area contributed by atoms with Crippen molar-refractivity contribution in [3.05, 3.63) is 52.2 Å². The summed E-state index contributed by atoms with van der Waals surface area (Å²) >= 11 is 5.84. The molecule has 4 rings (SSSR count). The van der Waals surface area contributed by atoms with Gasteiger partial charge in [-0.1, -0.05) is 11.6 Å². The first-order valence-electron chi connectivity index (χ1n) is 10.3. The molecule has 2 amide bonds. The van der Waals surface area contributed by atoms with E-state index in [2.05, 4.69) is 31.7 Å². The van der Waals surface area contributed by atoms with Gasteiger partial charge in [0, 0.05) is 37.6 Å². The number of halogens is 2. The fourth-order valence-electron chi connectivity index (χ4n) is 3.63. The zero-order valence-corrected chi connectivity index (χ0v) is 19.0. The average Bonchev–Trinajstić information content (AvgIpc) is 3.22. The molecule has 3 heterocycles. The maximum atomic E-state index is 14.1. The Morgan fingerprint density at radius 1 is 1.38 bits per heavy atom. The van der Waals surface area contributed by atoms with Crippen LogP contribution in [0.3, 0.4) is 0 Å². The van der Waals surface area contributed by atoms with Gasteiger partial charge in [0.05, 0.1) is 34.5 Å². The zero-order valence-electron chi connectivity index (χ0n) is 18.2. The Balaban J connectivity index is 1.58. The molecule has 0 spiro atoms. The Labute approximate surface area is 198 Å². The van der Waals surface area contributed by atoms with Crippen LogP contribution < -0.4 is 10.6 Å². The molecule has 1 atom stereocenters. The number of H-pyrrole nitrogens is 1. The van der Waals surface area contributed by atoms with Crippen molar-refractivity contribution in [2.45, 2.75) is 13.0 Å². The summed E-state index contributed by atoms with van der Waals surface area (Å²) in [5.41, 5.74) is 1.32. The van der Waals surface area contributed by atoms with E-state index in [0.717, 1.165) is 6.07 Å². The summed E-state index contributed by atoms with van der Waals surface area (Å²) in [6.45, 7) is 2.26. The fraction of sp³-hybridized carbons (Fsp3) is 0.273. The third-order valence-electron chi connectivity index (χ3n) is 5.57. The lowest BCUT2D eigenvalue weighted by atomic mass is 10.0. The molecule has 3 aromatic rings. The molecule has 1 aliphatic heterocycles. The molecule has 12 heteroatoms. The summed E-state index contributed by atoms with van der Waals surface area (Å²) in [5.74, 6) is -1.69. The van der Waals surface area contributed by atoms with Gasteiger partial charge in [0.1, 0.15) is 23.1 Å². The second kappa shape index (κ2) is 9.07. The van der Waals surface area contributed by atoms with Gasteiger partial charge in [0.25, 0.3) is 5.91 Å². The molecule has 1 aliphatic rings. The number of hydrogen-bond acceptors (Lipinski definition) is 7. The SMILES string of the molecule is CNc1cc(Cl)c(F)cc1C(=N)c1cnc2[nH]cc(C(=O)NC(C)C(=O)N3CC(C#N)C3)c2n1. The summed E-state index contributed by atoms with van der Waals surface area (Å²) in [5, 5.41) is 22.8. The van der Waals surface area contributed by atoms with Crippen molar-refractivity contribution in [2.75, 3.05) is 25.5 Å². The van der Waals surface area contributed by atoms with E-state index < -0.39 is 17.8 Å². The first kappa shape index (κ1) is 23.1. The van der Waals surface area contributed by atoms with E-state index in [1.54, 1.807) is 14.0 Å². The quantitative estimate of drug-likeness (QED) is 0.396. The second-order valence-electron chi connectivity index (χ2n) is 7.86. The maximum absolute atomic E-state index is 14.1. The van der Waals surface area contributed by atoms with Crippen LogP contribution in [0, 0.1) is 28.5 Å². The van der Waals surface area contributed by atoms with Crippen molar-refractivity contribution in [3.63, 3.8) is 0 Å². The van der Waals surface area contributed by atoms with Crippen LogP contribution in [-0.2, 0) is 4.79 Å². The zero-order chi connectivity index (χ0) is 24.6. The minimum Gasteiger partial charge on any atom is -0.388 e. The summed E-state index contributed by atoms with van der Waals surface area (Å²) < 4.78 is 14.1. The van der Waals surface area contributed by atoms with Crippen molar-refractivity contribution in [1.82, 2.24) is 25.2 Å². The number of likely N-dealkylation sites (tertiary alicyclic amines) is 1. The Kier molecular flexibility index (Phi) is 6.17. The van der Waals surface area contributed by atoms with E-state index in [4.69, 9.17) is 22.3 Å². The van der Waals surface area contributed by atoms with E-state index in [9.17, 15) is 14.0 Å². The lowest BCUT2D eigenvalue weighted by molar-refractivity contribution is -0.137. The minimum absolute atomic E-state index is 0.0860. The molecule has 10 nitrogen and oxygen atoms in total. The van der Waals surface area contributed by atoms with Gasteiger partial charge in [-0.2, -0.15) is 5.26 Å². The topological polar surface area (TPSA) is 151 Å². The number of anilines is 1. The molecule has 1 unspecified atom stereocenters. The fourth-order valence-corrected chi connectivity index (χ4v) is 3.80. The first-order valence-corrected chi connectivity index (χ1v) is 10.7. The highest BCUT2D eigenvalue weighted by molar-refractivity contribution is 6.31. The number of amides is 2. The second-order valence-corrected chi connectivity index (χ2v) is 8.26. The van der Waals surface area contributed by atoms with Gasteiger partial charge in [0.15, 0.2) is 5.65 Å². The number of hydrogen-bond donors (Lipinski definition) is 4. The summed E-state index contributed by atoms with van der Waals surface area (Å²) in [6.07, 6.45) is 2.76. The van der Waals surface area contributed by atoms with E-state index in [0.29, 0.717) is 24.4 Å². The van der Waals surface area contributed by atoms with Gasteiger partial charge >= 0.3 is 0 Å². The van der Waals surface area contributed by atoms with Crippen LogP contribution in [-0.4, -0.2) is 63.6 Å². The normalized spacial score (nSPS) is 14.3. The molecule has 0 aliphatic carbocycles. The van der Waals surface area contributed by atoms with E-state index in [1.165, 1.54) is 23.4 Å². The van der Waals surface area contributed by atoms with Crippen LogP contribution in [0.15, 0.2) is 24.5 Å². The summed E-state index contributed by atoms with van der Waals surface area (Å²) in [6, 6.07) is 3.80. The number of nitriles is 1. The smallest absolute Gasteiger partial charge is 0.255 e. The lowest BCUT2D eigenvalue weighted by Crippen LogP contribution is -2.55. The molecular weight excluding hydrogens is 463 g/mol. The highest BCUT2D eigenvalue weighted by atomic mass is 35.5. The van der Waals surface area contributed by atoms with Crippen molar-refractivity contribution in [1.29, 1.82) is 10.7 Å². The largest absolute Gasteiger partial charge is 0.388 e. The molecule has 174 valence electrons. The highest BCUT2D eigenvalue weighted by Gasteiger charge is 2.33. The Morgan fingerprint density at radius 3 is 2.79 bits per heavy atom. The average molecular weight is 483 g/mol. The van der Waals surface area contributed by atoms with Crippen LogP contribution in [0.1, 0.15) is 28.5 Å². The van der Waals surface area contributed by atoms with Gasteiger partial charge in [-0.05, 0) is 19.1 Å². The van der Waals surface area contributed by atoms with Crippen molar-refractivity contribution >= 4 is 46.0 Å². The number of carbonyl (C=O) groups excluding carboxylic acids is 2. The molecule has 2 aromatic heterocycles. The third kappa shape index (κ3) is 4.15. The molecule has 1 saturated heterocycles. The number of aromatic nitrogens is 3. The number of nitrogens with one attached hydrogen (secondary N) is 4. The van der Waals surface area contributed by atoms with Crippen LogP contribution in [0.4, 0.5) is 10.1 Å². The van der Waals surface area contributed by atoms with Gasteiger partial charge < -0.3 is 20.5 Å². The van der Waals surface area contributed by atoms with Crippen LogP contribution in [0.2, 0.25) is 5.02 Å². The van der Waals surface area contributed by atoms with E-state index in [-0.39, 0.29) is 44.9 Å². The molecule has 34 heavy (non-hydrogen) atoms. The Hall–Kier alpha value is -4.04. The maximum Gasteiger partial charge on any atom is 0.255 e. The predicted octanol–water partition coefficient (Wildman–Crippen LogP) is 2.31. The molecule has 0 saturated carbocycles. The lowest BCUT2D eigenvalue weighted by Gasteiger charge is -2.37. The van der Waals surface area contributed by atoms with Gasteiger partial charge in [-0.25, -0.2) is 14.4 Å². The van der Waals surface area contributed by atoms with Crippen molar-refractivity contribution in [2.24, 2.45) is 5.92 Å². The molecule has 1 fully saturated rings. The molecule has 0 bridgehead atoms. The molecule has 0 radical (unpaired) electrons. The van der Waals surface area contributed by atoms with E-state index in [1.807, 2.05) is 0 Å². The highest BCUT2D eigenvalue weighted by Crippen LogP contribution is 2.26. The third-order valence-corrected chi connectivity index (χ3v) is 5.86.